The highest BCUT2D eigenvalue weighted by molar-refractivity contribution is 6.11. The van der Waals surface area contributed by atoms with Gasteiger partial charge in [-0.25, -0.2) is 0 Å². The number of rotatable bonds is 2. The zero-order valence-corrected chi connectivity index (χ0v) is 10.3. The Morgan fingerprint density at radius 3 is 2.79 bits per heavy atom. The predicted octanol–water partition coefficient (Wildman–Crippen LogP) is 3.36. The van der Waals surface area contributed by atoms with E-state index in [0.717, 1.165) is 17.1 Å². The van der Waals surface area contributed by atoms with Crippen molar-refractivity contribution in [2.75, 3.05) is 5.32 Å². The van der Waals surface area contributed by atoms with Gasteiger partial charge in [0.1, 0.15) is 11.9 Å². The third-order valence-corrected chi connectivity index (χ3v) is 2.97. The van der Waals surface area contributed by atoms with Crippen molar-refractivity contribution >= 4 is 39.8 Å². The maximum absolute atomic E-state index is 11.2. The van der Waals surface area contributed by atoms with Crippen LogP contribution in [0.2, 0.25) is 0 Å². The number of furan rings is 1. The first kappa shape index (κ1) is 11.5. The second-order valence-corrected chi connectivity index (χ2v) is 4.34. The smallest absolute Gasteiger partial charge is 0.221 e. The molecule has 0 saturated heterocycles. The van der Waals surface area contributed by atoms with Gasteiger partial charge in [-0.05, 0) is 24.3 Å². The molecule has 1 heterocycles. The van der Waals surface area contributed by atoms with Crippen molar-refractivity contribution in [2.24, 2.45) is 0 Å². The first-order valence-electron chi connectivity index (χ1n) is 5.87. The lowest BCUT2D eigenvalue weighted by molar-refractivity contribution is -0.114. The number of fused-ring (bicyclic) bond motifs is 3. The average molecular weight is 253 g/mol. The Kier molecular flexibility index (Phi) is 2.56. The molecule has 0 saturated carbocycles. The summed E-state index contributed by atoms with van der Waals surface area (Å²) in [7, 11) is 0. The molecule has 0 aliphatic heterocycles. The van der Waals surface area contributed by atoms with Crippen molar-refractivity contribution in [1.82, 2.24) is 0 Å². The second kappa shape index (κ2) is 4.24. The van der Waals surface area contributed by atoms with Gasteiger partial charge in [-0.15, -0.1) is 0 Å². The summed E-state index contributed by atoms with van der Waals surface area (Å²) < 4.78 is 5.75. The van der Waals surface area contributed by atoms with Gasteiger partial charge in [0.05, 0.1) is 5.69 Å². The zero-order chi connectivity index (χ0) is 13.4. The number of para-hydroxylation sites is 1. The van der Waals surface area contributed by atoms with E-state index in [9.17, 15) is 9.59 Å². The SMILES string of the molecule is CC(=O)Nc1cccc2c1oc1ccc(C=O)cc12. The van der Waals surface area contributed by atoms with Crippen LogP contribution in [0.4, 0.5) is 5.69 Å². The normalized spacial score (nSPS) is 10.8. The predicted molar refractivity (Wildman–Crippen MR) is 73.4 cm³/mol. The van der Waals surface area contributed by atoms with Crippen LogP contribution in [-0.2, 0) is 4.79 Å². The fourth-order valence-corrected chi connectivity index (χ4v) is 2.18. The van der Waals surface area contributed by atoms with Crippen molar-refractivity contribution in [3.05, 3.63) is 42.0 Å². The van der Waals surface area contributed by atoms with Crippen LogP contribution in [0.1, 0.15) is 17.3 Å². The van der Waals surface area contributed by atoms with Crippen LogP contribution in [0, 0.1) is 0 Å². The van der Waals surface area contributed by atoms with E-state index >= 15 is 0 Å². The zero-order valence-electron chi connectivity index (χ0n) is 10.3. The van der Waals surface area contributed by atoms with Gasteiger partial charge in [0.15, 0.2) is 5.58 Å². The molecule has 2 aromatic carbocycles. The third kappa shape index (κ3) is 1.87. The molecule has 3 rings (SSSR count). The number of hydrogen-bond acceptors (Lipinski definition) is 3. The van der Waals surface area contributed by atoms with Crippen molar-refractivity contribution in [1.29, 1.82) is 0 Å². The molecule has 1 amide bonds. The Hall–Kier alpha value is -2.62. The number of carbonyl (C=O) groups excluding carboxylic acids is 2. The number of carbonyl (C=O) groups is 2. The van der Waals surface area contributed by atoms with E-state index < -0.39 is 0 Å². The number of nitrogens with one attached hydrogen (secondary N) is 1. The maximum Gasteiger partial charge on any atom is 0.221 e. The number of benzene rings is 2. The molecule has 0 radical (unpaired) electrons. The minimum absolute atomic E-state index is 0.151. The van der Waals surface area contributed by atoms with Crippen molar-refractivity contribution < 1.29 is 14.0 Å². The summed E-state index contributed by atoms with van der Waals surface area (Å²) in [5.74, 6) is -0.151. The minimum Gasteiger partial charge on any atom is -0.454 e. The summed E-state index contributed by atoms with van der Waals surface area (Å²) in [4.78, 5) is 22.0. The van der Waals surface area contributed by atoms with Crippen molar-refractivity contribution in [3.8, 4) is 0 Å². The monoisotopic (exact) mass is 253 g/mol. The van der Waals surface area contributed by atoms with Gasteiger partial charge in [-0.3, -0.25) is 9.59 Å². The largest absolute Gasteiger partial charge is 0.454 e. The Morgan fingerprint density at radius 1 is 1.21 bits per heavy atom. The van der Waals surface area contributed by atoms with Crippen molar-refractivity contribution in [3.63, 3.8) is 0 Å². The van der Waals surface area contributed by atoms with E-state index in [1.807, 2.05) is 12.1 Å². The van der Waals surface area contributed by atoms with E-state index in [0.29, 0.717) is 22.4 Å². The van der Waals surface area contributed by atoms with Crippen LogP contribution >= 0.6 is 0 Å². The number of amides is 1. The van der Waals surface area contributed by atoms with Gasteiger partial charge in [-0.1, -0.05) is 12.1 Å². The fraction of sp³-hybridized carbons (Fsp3) is 0.0667. The lowest BCUT2D eigenvalue weighted by Gasteiger charge is -2.01. The van der Waals surface area contributed by atoms with E-state index in [4.69, 9.17) is 4.42 Å². The van der Waals surface area contributed by atoms with E-state index in [1.165, 1.54) is 6.92 Å². The highest BCUT2D eigenvalue weighted by Crippen LogP contribution is 2.33. The molecule has 0 unspecified atom stereocenters. The van der Waals surface area contributed by atoms with Gasteiger partial charge in [-0.2, -0.15) is 0 Å². The molecule has 0 atom stereocenters. The van der Waals surface area contributed by atoms with Gasteiger partial charge < -0.3 is 9.73 Å². The Bertz CT molecular complexity index is 802. The first-order valence-corrected chi connectivity index (χ1v) is 5.87. The molecule has 0 spiro atoms. The molecule has 0 aliphatic carbocycles. The molecule has 19 heavy (non-hydrogen) atoms. The highest BCUT2D eigenvalue weighted by Gasteiger charge is 2.11. The molecular formula is C15H11NO3. The molecule has 0 bridgehead atoms. The van der Waals surface area contributed by atoms with Crippen LogP contribution in [0.5, 0.6) is 0 Å². The van der Waals surface area contributed by atoms with Crippen LogP contribution in [0.3, 0.4) is 0 Å². The summed E-state index contributed by atoms with van der Waals surface area (Å²) in [6, 6.07) is 10.8. The van der Waals surface area contributed by atoms with E-state index in [-0.39, 0.29) is 5.91 Å². The van der Waals surface area contributed by atoms with Crippen LogP contribution < -0.4 is 5.32 Å². The molecule has 94 valence electrons. The third-order valence-electron chi connectivity index (χ3n) is 2.97. The minimum atomic E-state index is -0.151. The Morgan fingerprint density at radius 2 is 2.05 bits per heavy atom. The summed E-state index contributed by atoms with van der Waals surface area (Å²) in [5, 5.41) is 4.48. The van der Waals surface area contributed by atoms with Crippen LogP contribution in [0.25, 0.3) is 21.9 Å². The standard InChI is InChI=1S/C15H11NO3/c1-9(18)16-13-4-2-3-11-12-7-10(8-17)5-6-14(12)19-15(11)13/h2-8H,1H3,(H,16,18). The summed E-state index contributed by atoms with van der Waals surface area (Å²) in [5.41, 5.74) is 2.54. The van der Waals surface area contributed by atoms with Gasteiger partial charge in [0, 0.05) is 23.3 Å². The summed E-state index contributed by atoms with van der Waals surface area (Å²) in [6.07, 6.45) is 0.802. The van der Waals surface area contributed by atoms with Crippen LogP contribution in [-0.4, -0.2) is 12.2 Å². The molecular weight excluding hydrogens is 242 g/mol. The van der Waals surface area contributed by atoms with Crippen LogP contribution in [0.15, 0.2) is 40.8 Å². The van der Waals surface area contributed by atoms with E-state index in [1.54, 1.807) is 24.3 Å². The Labute approximate surface area is 109 Å². The lowest BCUT2D eigenvalue weighted by atomic mass is 10.1. The topological polar surface area (TPSA) is 59.3 Å². The highest BCUT2D eigenvalue weighted by atomic mass is 16.3. The quantitative estimate of drug-likeness (QED) is 0.712. The molecule has 0 fully saturated rings. The first-order chi connectivity index (χ1) is 9.19. The van der Waals surface area contributed by atoms with Gasteiger partial charge in [0.25, 0.3) is 0 Å². The summed E-state index contributed by atoms with van der Waals surface area (Å²) >= 11 is 0. The second-order valence-electron chi connectivity index (χ2n) is 4.34. The van der Waals surface area contributed by atoms with Crippen molar-refractivity contribution in [2.45, 2.75) is 6.92 Å². The molecule has 1 N–H and O–H groups in total. The number of aldehydes is 1. The number of hydrogen-bond donors (Lipinski definition) is 1. The number of anilines is 1. The van der Waals surface area contributed by atoms with Gasteiger partial charge >= 0.3 is 0 Å². The molecule has 3 aromatic rings. The fourth-order valence-electron chi connectivity index (χ4n) is 2.18. The molecule has 4 heteroatoms. The maximum atomic E-state index is 11.2. The lowest BCUT2D eigenvalue weighted by Crippen LogP contribution is -2.05. The molecule has 0 aliphatic rings. The van der Waals surface area contributed by atoms with E-state index in [2.05, 4.69) is 5.32 Å². The summed E-state index contributed by atoms with van der Waals surface area (Å²) in [6.45, 7) is 1.45. The van der Waals surface area contributed by atoms with Gasteiger partial charge in [0.2, 0.25) is 5.91 Å². The molecule has 4 nitrogen and oxygen atoms in total. The Balaban J connectivity index is 2.33. The molecule has 1 aromatic heterocycles. The average Bonchev–Trinajstić information content (AvgIpc) is 2.77.